The Morgan fingerprint density at radius 2 is 2.19 bits per heavy atom. The molecule has 4 atom stereocenters. The Balaban J connectivity index is 1.79. The third-order valence-corrected chi connectivity index (χ3v) is 4.99. The molecule has 12 heteroatoms. The first kappa shape index (κ1) is 21.0. The predicted octanol–water partition coefficient (Wildman–Crippen LogP) is 1.28. The number of fused-ring (bicyclic) bond motifs is 2. The number of aliphatic imine (C=N–C) groups is 1. The van der Waals surface area contributed by atoms with Gasteiger partial charge in [0.05, 0.1) is 12.0 Å². The second-order valence-electron chi connectivity index (χ2n) is 7.91. The maximum Gasteiger partial charge on any atom is 0.505 e. The van der Waals surface area contributed by atoms with E-state index in [-0.39, 0.29) is 6.61 Å². The molecule has 2 saturated heterocycles. The van der Waals surface area contributed by atoms with Crippen LogP contribution in [-0.2, 0) is 24.5 Å². The Kier molecular flexibility index (Phi) is 5.04. The van der Waals surface area contributed by atoms with E-state index in [4.69, 9.17) is 24.1 Å². The van der Waals surface area contributed by atoms with Gasteiger partial charge < -0.3 is 29.0 Å². The average molecular weight is 430 g/mol. The molecule has 4 rings (SSSR count). The number of nitrogens with zero attached hydrogens (tertiary/aromatic N) is 6. The molecular formula is C19H22N6O6. The molecule has 0 radical (unpaired) electrons. The molecule has 0 saturated carbocycles. The first-order valence-corrected chi connectivity index (χ1v) is 9.51. The highest BCUT2D eigenvalue weighted by molar-refractivity contribution is 5.71. The van der Waals surface area contributed by atoms with Crippen LogP contribution in [0.25, 0.3) is 5.52 Å². The van der Waals surface area contributed by atoms with E-state index in [1.165, 1.54) is 10.8 Å². The van der Waals surface area contributed by atoms with Gasteiger partial charge in [0.15, 0.2) is 11.6 Å². The fourth-order valence-corrected chi connectivity index (χ4v) is 3.86. The Morgan fingerprint density at radius 3 is 2.87 bits per heavy atom. The van der Waals surface area contributed by atoms with Crippen molar-refractivity contribution in [3.05, 3.63) is 24.2 Å². The van der Waals surface area contributed by atoms with E-state index in [9.17, 15) is 10.1 Å². The largest absolute Gasteiger partial charge is 0.505 e. The van der Waals surface area contributed by atoms with Gasteiger partial charge in [-0.15, -0.1) is 0 Å². The van der Waals surface area contributed by atoms with E-state index in [0.29, 0.717) is 17.0 Å². The lowest BCUT2D eigenvalue weighted by Gasteiger charge is -2.28. The van der Waals surface area contributed by atoms with E-state index in [0.717, 1.165) is 0 Å². The summed E-state index contributed by atoms with van der Waals surface area (Å²) in [6.07, 6.45) is -0.910. The maximum absolute atomic E-state index is 10.9. The summed E-state index contributed by atoms with van der Waals surface area (Å²) in [5, 5.41) is 23.4. The Hall–Kier alpha value is -3.27. The van der Waals surface area contributed by atoms with Crippen molar-refractivity contribution in [2.45, 2.75) is 43.5 Å². The Morgan fingerprint density at radius 1 is 1.42 bits per heavy atom. The van der Waals surface area contributed by atoms with Crippen molar-refractivity contribution in [3.8, 4) is 6.07 Å². The van der Waals surface area contributed by atoms with Crippen molar-refractivity contribution in [3.63, 3.8) is 0 Å². The minimum atomic E-state index is -1.62. The lowest BCUT2D eigenvalue weighted by Crippen LogP contribution is -2.40. The highest BCUT2D eigenvalue weighted by Crippen LogP contribution is 2.49. The molecule has 164 valence electrons. The third kappa shape index (κ3) is 3.56. The van der Waals surface area contributed by atoms with Crippen LogP contribution >= 0.6 is 0 Å². The molecule has 31 heavy (non-hydrogen) atoms. The fourth-order valence-electron chi connectivity index (χ4n) is 3.86. The number of hydrogen-bond donors (Lipinski definition) is 1. The average Bonchev–Trinajstić information content (AvgIpc) is 3.35. The van der Waals surface area contributed by atoms with Gasteiger partial charge in [-0.1, -0.05) is 0 Å². The second kappa shape index (κ2) is 7.45. The normalized spacial score (nSPS) is 29.2. The van der Waals surface area contributed by atoms with Crippen LogP contribution in [0.2, 0.25) is 0 Å². The van der Waals surface area contributed by atoms with Gasteiger partial charge in [0, 0.05) is 14.1 Å². The summed E-state index contributed by atoms with van der Waals surface area (Å²) < 4.78 is 24.3. The molecule has 2 aliphatic rings. The van der Waals surface area contributed by atoms with Gasteiger partial charge in [0.2, 0.25) is 5.60 Å². The first-order valence-electron chi connectivity index (χ1n) is 9.51. The summed E-state index contributed by atoms with van der Waals surface area (Å²) in [5.74, 6) is -0.585. The maximum atomic E-state index is 10.9. The summed E-state index contributed by atoms with van der Waals surface area (Å²) >= 11 is 0. The molecule has 0 aromatic carbocycles. The molecule has 0 unspecified atom stereocenters. The van der Waals surface area contributed by atoms with Crippen molar-refractivity contribution in [2.24, 2.45) is 4.99 Å². The van der Waals surface area contributed by atoms with Crippen LogP contribution in [0.3, 0.4) is 0 Å². The number of nitriles is 1. The molecule has 2 aromatic rings. The molecule has 0 bridgehead atoms. The lowest BCUT2D eigenvalue weighted by molar-refractivity contribution is -0.205. The second-order valence-corrected chi connectivity index (χ2v) is 7.91. The SMILES string of the molecule is CN(C)C=Nc1ncnn2c([C@]3(C#N)O[C@H](COC(=O)O)[C@H]4OC(C)(C)O[C@H]43)ccc12. The quantitative estimate of drug-likeness (QED) is 0.418. The van der Waals surface area contributed by atoms with Crippen LogP contribution in [0.15, 0.2) is 23.5 Å². The number of carbonyl (C=O) groups is 1. The molecule has 2 fully saturated rings. The molecule has 1 N–H and O–H groups in total. The van der Waals surface area contributed by atoms with E-state index >= 15 is 0 Å². The summed E-state index contributed by atoms with van der Waals surface area (Å²) in [7, 11) is 3.67. The number of aromatic nitrogens is 3. The molecule has 2 aliphatic heterocycles. The van der Waals surface area contributed by atoms with Crippen LogP contribution in [0.4, 0.5) is 10.6 Å². The monoisotopic (exact) mass is 430 g/mol. The van der Waals surface area contributed by atoms with Crippen LogP contribution in [-0.4, -0.2) is 81.9 Å². The first-order chi connectivity index (χ1) is 14.7. The predicted molar refractivity (Wildman–Crippen MR) is 105 cm³/mol. The van der Waals surface area contributed by atoms with Crippen LogP contribution < -0.4 is 0 Å². The zero-order valence-electron chi connectivity index (χ0n) is 17.4. The molecule has 0 amide bonds. The summed E-state index contributed by atoms with van der Waals surface area (Å²) in [6, 6.07) is 5.63. The molecule has 0 spiro atoms. The topological polar surface area (TPSA) is 144 Å². The van der Waals surface area contributed by atoms with Crippen molar-refractivity contribution in [1.29, 1.82) is 5.26 Å². The molecular weight excluding hydrogens is 408 g/mol. The van der Waals surface area contributed by atoms with Gasteiger partial charge in [-0.3, -0.25) is 0 Å². The van der Waals surface area contributed by atoms with Gasteiger partial charge in [-0.25, -0.2) is 19.3 Å². The standard InChI is InChI=1S/C19H22N6O6/c1-18(2)30-14-12(7-28-17(26)27)29-19(8-20,15(14)31-18)13-6-5-11-16(22-10-24(3)4)21-9-23-25(11)13/h5-6,9-10,12,14-15H,7H2,1-4H3,(H,26,27)/t12-,14-,15-,19+/m1/s1. The van der Waals surface area contributed by atoms with E-state index in [1.54, 1.807) is 37.2 Å². The molecule has 2 aromatic heterocycles. The molecule has 4 heterocycles. The van der Waals surface area contributed by atoms with Gasteiger partial charge in [0.25, 0.3) is 0 Å². The minimum Gasteiger partial charge on any atom is -0.450 e. The van der Waals surface area contributed by atoms with Crippen molar-refractivity contribution >= 4 is 23.8 Å². The Bertz CT molecular complexity index is 1080. The zero-order valence-corrected chi connectivity index (χ0v) is 17.4. The Labute approximate surface area is 177 Å². The number of ether oxygens (including phenoxy) is 4. The third-order valence-electron chi connectivity index (χ3n) is 4.99. The molecule has 0 aliphatic carbocycles. The zero-order chi connectivity index (χ0) is 22.4. The van der Waals surface area contributed by atoms with Gasteiger partial charge in [0.1, 0.15) is 42.8 Å². The number of hydrogen-bond acceptors (Lipinski definition) is 9. The summed E-state index contributed by atoms with van der Waals surface area (Å²) in [4.78, 5) is 21.2. The van der Waals surface area contributed by atoms with Crippen molar-refractivity contribution < 1.29 is 28.8 Å². The number of carboxylic acid groups (broad SMARTS) is 1. The molecule has 12 nitrogen and oxygen atoms in total. The van der Waals surface area contributed by atoms with Gasteiger partial charge >= 0.3 is 6.16 Å². The fraction of sp³-hybridized carbons (Fsp3) is 0.526. The minimum absolute atomic E-state index is 0.309. The van der Waals surface area contributed by atoms with Crippen LogP contribution in [0, 0.1) is 11.3 Å². The van der Waals surface area contributed by atoms with Crippen LogP contribution in [0.5, 0.6) is 0 Å². The summed E-state index contributed by atoms with van der Waals surface area (Å²) in [5.41, 5.74) is -0.662. The van der Waals surface area contributed by atoms with Gasteiger partial charge in [-0.05, 0) is 26.0 Å². The van der Waals surface area contributed by atoms with E-state index in [2.05, 4.69) is 21.1 Å². The van der Waals surface area contributed by atoms with E-state index in [1.807, 2.05) is 14.1 Å². The van der Waals surface area contributed by atoms with Crippen molar-refractivity contribution in [1.82, 2.24) is 19.5 Å². The highest BCUT2D eigenvalue weighted by atomic mass is 16.8. The highest BCUT2D eigenvalue weighted by Gasteiger charge is 2.65. The summed E-state index contributed by atoms with van der Waals surface area (Å²) in [6.45, 7) is 3.13. The van der Waals surface area contributed by atoms with Crippen LogP contribution in [0.1, 0.15) is 19.5 Å². The van der Waals surface area contributed by atoms with Gasteiger partial charge in [-0.2, -0.15) is 10.4 Å². The lowest BCUT2D eigenvalue weighted by atomic mass is 9.92. The smallest absolute Gasteiger partial charge is 0.450 e. The number of rotatable bonds is 5. The van der Waals surface area contributed by atoms with E-state index < -0.39 is 35.9 Å². The van der Waals surface area contributed by atoms with Crippen molar-refractivity contribution in [2.75, 3.05) is 20.7 Å².